The molecule has 0 fully saturated rings. The van der Waals surface area contributed by atoms with E-state index in [0.717, 1.165) is 22.3 Å². The SMILES string of the molecule is CC(C)n1cnc2c(NCc3cccnc3)nc(NCc3cccnc3)nc21. The van der Waals surface area contributed by atoms with Crippen LogP contribution < -0.4 is 10.6 Å². The van der Waals surface area contributed by atoms with Crippen LogP contribution in [0.25, 0.3) is 11.2 Å². The van der Waals surface area contributed by atoms with Crippen LogP contribution in [0.5, 0.6) is 0 Å². The van der Waals surface area contributed by atoms with Crippen molar-refractivity contribution in [1.29, 1.82) is 0 Å². The number of rotatable bonds is 7. The highest BCUT2D eigenvalue weighted by molar-refractivity contribution is 5.84. The van der Waals surface area contributed by atoms with Gasteiger partial charge >= 0.3 is 0 Å². The Morgan fingerprint density at radius 3 is 2.21 bits per heavy atom. The zero-order valence-electron chi connectivity index (χ0n) is 15.9. The maximum absolute atomic E-state index is 4.69. The molecule has 0 radical (unpaired) electrons. The van der Waals surface area contributed by atoms with Gasteiger partial charge in [0.1, 0.15) is 0 Å². The Kier molecular flexibility index (Phi) is 5.09. The topological polar surface area (TPSA) is 93.4 Å². The van der Waals surface area contributed by atoms with Gasteiger partial charge in [0.15, 0.2) is 17.0 Å². The van der Waals surface area contributed by atoms with Crippen LogP contribution in [-0.2, 0) is 13.1 Å². The molecule has 4 rings (SSSR count). The molecule has 0 bridgehead atoms. The molecular weight excluding hydrogens is 352 g/mol. The van der Waals surface area contributed by atoms with Gasteiger partial charge in [-0.3, -0.25) is 9.97 Å². The average Bonchev–Trinajstić information content (AvgIpc) is 3.16. The first-order chi connectivity index (χ1) is 13.7. The number of aromatic nitrogens is 6. The van der Waals surface area contributed by atoms with E-state index < -0.39 is 0 Å². The summed E-state index contributed by atoms with van der Waals surface area (Å²) in [5, 5.41) is 6.67. The minimum absolute atomic E-state index is 0.247. The summed E-state index contributed by atoms with van der Waals surface area (Å²) >= 11 is 0. The number of nitrogens with one attached hydrogen (secondary N) is 2. The lowest BCUT2D eigenvalue weighted by Crippen LogP contribution is -2.09. The van der Waals surface area contributed by atoms with Gasteiger partial charge in [-0.2, -0.15) is 9.97 Å². The van der Waals surface area contributed by atoms with Crippen LogP contribution in [0.2, 0.25) is 0 Å². The molecule has 142 valence electrons. The summed E-state index contributed by atoms with van der Waals surface area (Å²) in [6, 6.07) is 8.11. The zero-order valence-corrected chi connectivity index (χ0v) is 15.9. The normalized spacial score (nSPS) is 11.1. The second-order valence-electron chi connectivity index (χ2n) is 6.74. The molecule has 0 saturated carbocycles. The van der Waals surface area contributed by atoms with Crippen molar-refractivity contribution < 1.29 is 0 Å². The van der Waals surface area contributed by atoms with Gasteiger partial charge in [-0.25, -0.2) is 4.98 Å². The molecule has 0 unspecified atom stereocenters. The van der Waals surface area contributed by atoms with Crippen LogP contribution in [-0.4, -0.2) is 29.5 Å². The molecule has 4 aromatic heterocycles. The summed E-state index contributed by atoms with van der Waals surface area (Å²) in [5.41, 5.74) is 3.69. The van der Waals surface area contributed by atoms with Gasteiger partial charge in [0.25, 0.3) is 0 Å². The van der Waals surface area contributed by atoms with E-state index in [1.165, 1.54) is 0 Å². The standard InChI is InChI=1S/C20H22N8/c1-14(2)28-13-25-17-18(23-11-15-5-3-7-21-9-15)26-20(27-19(17)28)24-12-16-6-4-8-22-10-16/h3-10,13-14H,11-12H2,1-2H3,(H2,23,24,26,27). The van der Waals surface area contributed by atoms with Crippen molar-refractivity contribution in [3.8, 4) is 0 Å². The second-order valence-corrected chi connectivity index (χ2v) is 6.74. The Morgan fingerprint density at radius 1 is 0.929 bits per heavy atom. The molecule has 0 aromatic carbocycles. The highest BCUT2D eigenvalue weighted by atomic mass is 15.2. The van der Waals surface area contributed by atoms with Crippen molar-refractivity contribution in [1.82, 2.24) is 29.5 Å². The third-order valence-corrected chi connectivity index (χ3v) is 4.33. The number of hydrogen-bond acceptors (Lipinski definition) is 7. The largest absolute Gasteiger partial charge is 0.364 e. The maximum atomic E-state index is 4.69. The molecule has 8 heteroatoms. The quantitative estimate of drug-likeness (QED) is 0.512. The Morgan fingerprint density at radius 2 is 1.61 bits per heavy atom. The van der Waals surface area contributed by atoms with Crippen LogP contribution in [0.1, 0.15) is 31.0 Å². The van der Waals surface area contributed by atoms with Gasteiger partial charge in [0.2, 0.25) is 5.95 Å². The van der Waals surface area contributed by atoms with Crippen molar-refractivity contribution in [3.63, 3.8) is 0 Å². The van der Waals surface area contributed by atoms with Crippen molar-refractivity contribution >= 4 is 22.9 Å². The minimum atomic E-state index is 0.247. The van der Waals surface area contributed by atoms with E-state index in [0.29, 0.717) is 24.9 Å². The van der Waals surface area contributed by atoms with E-state index in [4.69, 9.17) is 4.98 Å². The first-order valence-electron chi connectivity index (χ1n) is 9.21. The lowest BCUT2D eigenvalue weighted by molar-refractivity contribution is 0.613. The van der Waals surface area contributed by atoms with Gasteiger partial charge in [-0.1, -0.05) is 12.1 Å². The fourth-order valence-corrected chi connectivity index (χ4v) is 2.87. The summed E-state index contributed by atoms with van der Waals surface area (Å²) in [4.78, 5) is 22.2. The molecule has 0 saturated heterocycles. The van der Waals surface area contributed by atoms with Gasteiger partial charge in [0.05, 0.1) is 6.33 Å². The first kappa shape index (κ1) is 17.8. The second kappa shape index (κ2) is 7.99. The smallest absolute Gasteiger partial charge is 0.227 e. The number of imidazole rings is 1. The van der Waals surface area contributed by atoms with Crippen molar-refractivity contribution in [2.45, 2.75) is 33.0 Å². The van der Waals surface area contributed by atoms with Crippen LogP contribution >= 0.6 is 0 Å². The van der Waals surface area contributed by atoms with Gasteiger partial charge in [-0.05, 0) is 37.1 Å². The molecule has 2 N–H and O–H groups in total. The maximum Gasteiger partial charge on any atom is 0.227 e. The summed E-state index contributed by atoms with van der Waals surface area (Å²) in [5.74, 6) is 1.24. The van der Waals surface area contributed by atoms with Crippen LogP contribution in [0.15, 0.2) is 55.4 Å². The van der Waals surface area contributed by atoms with Gasteiger partial charge < -0.3 is 15.2 Å². The van der Waals surface area contributed by atoms with E-state index in [2.05, 4.69) is 44.4 Å². The summed E-state index contributed by atoms with van der Waals surface area (Å²) in [6.45, 7) is 5.41. The van der Waals surface area contributed by atoms with Crippen LogP contribution in [0, 0.1) is 0 Å². The molecular formula is C20H22N8. The van der Waals surface area contributed by atoms with Crippen molar-refractivity contribution in [2.75, 3.05) is 10.6 Å². The summed E-state index contributed by atoms with van der Waals surface area (Å²) < 4.78 is 2.04. The summed E-state index contributed by atoms with van der Waals surface area (Å²) in [7, 11) is 0. The predicted molar refractivity (Wildman–Crippen MR) is 109 cm³/mol. The molecule has 0 spiro atoms. The number of anilines is 2. The van der Waals surface area contributed by atoms with Gasteiger partial charge in [-0.15, -0.1) is 0 Å². The molecule has 4 heterocycles. The minimum Gasteiger partial charge on any atom is -0.364 e. The highest BCUT2D eigenvalue weighted by Gasteiger charge is 2.15. The Hall–Kier alpha value is -3.55. The zero-order chi connectivity index (χ0) is 19.3. The lowest BCUT2D eigenvalue weighted by Gasteiger charge is -2.12. The Bertz CT molecular complexity index is 1040. The molecule has 8 nitrogen and oxygen atoms in total. The molecule has 28 heavy (non-hydrogen) atoms. The molecule has 0 aliphatic heterocycles. The number of fused-ring (bicyclic) bond motifs is 1. The number of nitrogens with zero attached hydrogens (tertiary/aromatic N) is 6. The fourth-order valence-electron chi connectivity index (χ4n) is 2.87. The van der Waals surface area contributed by atoms with Crippen LogP contribution in [0.3, 0.4) is 0 Å². The highest BCUT2D eigenvalue weighted by Crippen LogP contribution is 2.24. The third-order valence-electron chi connectivity index (χ3n) is 4.33. The number of hydrogen-bond donors (Lipinski definition) is 2. The molecule has 4 aromatic rings. The third kappa shape index (κ3) is 3.90. The van der Waals surface area contributed by atoms with E-state index >= 15 is 0 Å². The van der Waals surface area contributed by atoms with Crippen LogP contribution in [0.4, 0.5) is 11.8 Å². The van der Waals surface area contributed by atoms with E-state index in [1.807, 2.05) is 47.6 Å². The fraction of sp³-hybridized carbons (Fsp3) is 0.250. The molecule has 0 amide bonds. The van der Waals surface area contributed by atoms with Crippen molar-refractivity contribution in [2.24, 2.45) is 0 Å². The Labute approximate surface area is 163 Å². The first-order valence-corrected chi connectivity index (χ1v) is 9.21. The summed E-state index contributed by atoms with van der Waals surface area (Å²) in [6.07, 6.45) is 8.99. The average molecular weight is 374 g/mol. The monoisotopic (exact) mass is 374 g/mol. The lowest BCUT2D eigenvalue weighted by atomic mass is 10.3. The van der Waals surface area contributed by atoms with E-state index in [-0.39, 0.29) is 6.04 Å². The molecule has 0 atom stereocenters. The van der Waals surface area contributed by atoms with E-state index in [1.54, 1.807) is 12.4 Å². The van der Waals surface area contributed by atoms with Gasteiger partial charge in [0, 0.05) is 43.9 Å². The molecule has 0 aliphatic carbocycles. The molecule has 0 aliphatic rings. The van der Waals surface area contributed by atoms with Crippen molar-refractivity contribution in [3.05, 3.63) is 66.5 Å². The predicted octanol–water partition coefficient (Wildman–Crippen LogP) is 3.42. The Balaban J connectivity index is 1.64. The number of pyridine rings is 2. The van der Waals surface area contributed by atoms with E-state index in [9.17, 15) is 0 Å².